The van der Waals surface area contributed by atoms with Crippen LogP contribution < -0.4 is 9.47 Å². The average molecular weight is 274 g/mol. The molecule has 2 aromatic rings. The smallest absolute Gasteiger partial charge is 0.123 e. The molecule has 1 heterocycles. The second kappa shape index (κ2) is 5.92. The zero-order valence-corrected chi connectivity index (χ0v) is 10.9. The fourth-order valence-electron chi connectivity index (χ4n) is 1.73. The highest BCUT2D eigenvalue weighted by Crippen LogP contribution is 2.20. The molecule has 0 radical (unpaired) electrons. The molecule has 2 aromatic carbocycles. The lowest BCUT2D eigenvalue weighted by molar-refractivity contribution is 0.262. The molecule has 4 heteroatoms. The minimum atomic E-state index is -0.241. The van der Waals surface area contributed by atoms with E-state index in [-0.39, 0.29) is 11.9 Å². The molecule has 1 atom stereocenters. The number of rotatable bonds is 6. The molecule has 0 amide bonds. The summed E-state index contributed by atoms with van der Waals surface area (Å²) in [6, 6.07) is 13.7. The van der Waals surface area contributed by atoms with Crippen LogP contribution in [0.5, 0.6) is 11.5 Å². The third-order valence-corrected chi connectivity index (χ3v) is 2.98. The van der Waals surface area contributed by atoms with Crippen LogP contribution in [0.3, 0.4) is 0 Å². The molecule has 20 heavy (non-hydrogen) atoms. The van der Waals surface area contributed by atoms with E-state index in [1.807, 2.05) is 24.3 Å². The Morgan fingerprint density at radius 3 is 2.15 bits per heavy atom. The Balaban J connectivity index is 1.50. The van der Waals surface area contributed by atoms with Gasteiger partial charge in [-0.1, -0.05) is 12.1 Å². The molecule has 0 saturated carbocycles. The van der Waals surface area contributed by atoms with Gasteiger partial charge < -0.3 is 14.2 Å². The molecule has 1 aliphatic heterocycles. The zero-order chi connectivity index (χ0) is 13.8. The lowest BCUT2D eigenvalue weighted by atomic mass is 10.2. The van der Waals surface area contributed by atoms with Gasteiger partial charge in [0.25, 0.3) is 0 Å². The first-order chi connectivity index (χ1) is 9.79. The summed E-state index contributed by atoms with van der Waals surface area (Å²) < 4.78 is 29.0. The van der Waals surface area contributed by atoms with E-state index < -0.39 is 0 Å². The molecule has 3 nitrogen and oxygen atoms in total. The van der Waals surface area contributed by atoms with E-state index in [9.17, 15) is 4.39 Å². The Morgan fingerprint density at radius 1 is 0.950 bits per heavy atom. The fourth-order valence-corrected chi connectivity index (χ4v) is 1.73. The van der Waals surface area contributed by atoms with Crippen molar-refractivity contribution in [2.24, 2.45) is 0 Å². The number of benzene rings is 2. The molecule has 1 aliphatic rings. The number of ether oxygens (including phenoxy) is 3. The third-order valence-electron chi connectivity index (χ3n) is 2.98. The summed E-state index contributed by atoms with van der Waals surface area (Å²) in [5.74, 6) is 1.31. The maximum atomic E-state index is 12.8. The second-order valence-corrected chi connectivity index (χ2v) is 4.65. The topological polar surface area (TPSA) is 31.0 Å². The molecule has 0 spiro atoms. The monoisotopic (exact) mass is 274 g/mol. The Hall–Kier alpha value is -2.07. The first kappa shape index (κ1) is 12.9. The van der Waals surface area contributed by atoms with Gasteiger partial charge in [0, 0.05) is 0 Å². The number of hydrogen-bond donors (Lipinski definition) is 0. The summed E-state index contributed by atoms with van der Waals surface area (Å²) in [4.78, 5) is 0. The Labute approximate surface area is 116 Å². The predicted molar refractivity (Wildman–Crippen MR) is 72.4 cm³/mol. The first-order valence-corrected chi connectivity index (χ1v) is 6.51. The van der Waals surface area contributed by atoms with Crippen LogP contribution in [0.2, 0.25) is 0 Å². The highest BCUT2D eigenvalue weighted by atomic mass is 19.1. The maximum Gasteiger partial charge on any atom is 0.123 e. The predicted octanol–water partition coefficient (Wildman–Crippen LogP) is 3.18. The summed E-state index contributed by atoms with van der Waals surface area (Å²) in [6.07, 6.45) is 0.254. The van der Waals surface area contributed by atoms with Gasteiger partial charge in [0.2, 0.25) is 0 Å². The van der Waals surface area contributed by atoms with E-state index >= 15 is 0 Å². The molecule has 0 aliphatic carbocycles. The van der Waals surface area contributed by atoms with Crippen LogP contribution in [0.15, 0.2) is 48.5 Å². The van der Waals surface area contributed by atoms with Crippen LogP contribution in [-0.2, 0) is 11.3 Å². The van der Waals surface area contributed by atoms with E-state index in [4.69, 9.17) is 14.2 Å². The molecule has 1 unspecified atom stereocenters. The van der Waals surface area contributed by atoms with Gasteiger partial charge in [0.15, 0.2) is 0 Å². The number of hydrogen-bond acceptors (Lipinski definition) is 3. The summed E-state index contributed by atoms with van der Waals surface area (Å²) in [7, 11) is 0. The van der Waals surface area contributed by atoms with Crippen LogP contribution in [0.4, 0.5) is 4.39 Å². The summed E-state index contributed by atoms with van der Waals surface area (Å²) >= 11 is 0. The van der Waals surface area contributed by atoms with Gasteiger partial charge in [0.1, 0.15) is 36.6 Å². The van der Waals surface area contributed by atoms with Crippen molar-refractivity contribution in [3.8, 4) is 11.5 Å². The molecule has 0 bridgehead atoms. The van der Waals surface area contributed by atoms with Crippen molar-refractivity contribution in [1.82, 2.24) is 0 Å². The van der Waals surface area contributed by atoms with Gasteiger partial charge in [-0.3, -0.25) is 0 Å². The lowest BCUT2D eigenvalue weighted by Crippen LogP contribution is -2.03. The van der Waals surface area contributed by atoms with Crippen molar-refractivity contribution in [3.63, 3.8) is 0 Å². The average Bonchev–Trinajstić information content (AvgIpc) is 3.30. The van der Waals surface area contributed by atoms with Gasteiger partial charge in [-0.25, -0.2) is 4.39 Å². The molecule has 3 rings (SSSR count). The standard InChI is InChI=1S/C16H15FO3/c17-13-3-1-12(2-4-13)9-18-14-5-7-15(8-6-14)19-10-16-11-20-16/h1-8,16H,9-11H2. The third kappa shape index (κ3) is 3.71. The van der Waals surface area contributed by atoms with Crippen LogP contribution in [-0.4, -0.2) is 19.3 Å². The number of halogens is 1. The Bertz CT molecular complexity index is 547. The molecule has 104 valence electrons. The van der Waals surface area contributed by atoms with Crippen molar-refractivity contribution >= 4 is 0 Å². The maximum absolute atomic E-state index is 12.8. The Morgan fingerprint density at radius 2 is 1.55 bits per heavy atom. The van der Waals surface area contributed by atoms with Gasteiger partial charge in [-0.15, -0.1) is 0 Å². The first-order valence-electron chi connectivity index (χ1n) is 6.51. The van der Waals surface area contributed by atoms with Crippen molar-refractivity contribution < 1.29 is 18.6 Å². The highest BCUT2D eigenvalue weighted by Gasteiger charge is 2.22. The van der Waals surface area contributed by atoms with E-state index in [2.05, 4.69) is 0 Å². The molecule has 1 saturated heterocycles. The van der Waals surface area contributed by atoms with Crippen LogP contribution >= 0.6 is 0 Å². The SMILES string of the molecule is Fc1ccc(COc2ccc(OCC3CO3)cc2)cc1. The molecule has 1 fully saturated rings. The minimum Gasteiger partial charge on any atom is -0.491 e. The molecular formula is C16H15FO3. The van der Waals surface area contributed by atoms with E-state index in [1.54, 1.807) is 12.1 Å². The highest BCUT2D eigenvalue weighted by molar-refractivity contribution is 5.31. The molecular weight excluding hydrogens is 259 g/mol. The summed E-state index contributed by atoms with van der Waals surface area (Å²) in [5, 5.41) is 0. The molecule has 0 aromatic heterocycles. The number of epoxide rings is 1. The fraction of sp³-hybridized carbons (Fsp3) is 0.250. The van der Waals surface area contributed by atoms with Gasteiger partial charge in [-0.05, 0) is 42.0 Å². The van der Waals surface area contributed by atoms with E-state index in [0.717, 1.165) is 23.7 Å². The van der Waals surface area contributed by atoms with E-state index in [0.29, 0.717) is 13.2 Å². The zero-order valence-electron chi connectivity index (χ0n) is 10.9. The van der Waals surface area contributed by atoms with Crippen LogP contribution in [0.25, 0.3) is 0 Å². The van der Waals surface area contributed by atoms with Gasteiger partial charge in [-0.2, -0.15) is 0 Å². The molecule has 0 N–H and O–H groups in total. The van der Waals surface area contributed by atoms with Gasteiger partial charge >= 0.3 is 0 Å². The van der Waals surface area contributed by atoms with Crippen LogP contribution in [0, 0.1) is 5.82 Å². The summed E-state index contributed by atoms with van der Waals surface area (Å²) in [5.41, 5.74) is 0.928. The summed E-state index contributed by atoms with van der Waals surface area (Å²) in [6.45, 7) is 1.80. The second-order valence-electron chi connectivity index (χ2n) is 4.65. The van der Waals surface area contributed by atoms with Gasteiger partial charge in [0.05, 0.1) is 6.61 Å². The largest absolute Gasteiger partial charge is 0.491 e. The van der Waals surface area contributed by atoms with Crippen molar-refractivity contribution in [2.75, 3.05) is 13.2 Å². The van der Waals surface area contributed by atoms with Crippen molar-refractivity contribution in [2.45, 2.75) is 12.7 Å². The minimum absolute atomic E-state index is 0.241. The van der Waals surface area contributed by atoms with Crippen LogP contribution in [0.1, 0.15) is 5.56 Å². The van der Waals surface area contributed by atoms with E-state index in [1.165, 1.54) is 12.1 Å². The Kier molecular flexibility index (Phi) is 3.83. The van der Waals surface area contributed by atoms with Crippen molar-refractivity contribution in [3.05, 3.63) is 59.9 Å². The normalized spacial score (nSPS) is 16.8. The quantitative estimate of drug-likeness (QED) is 0.758. The van der Waals surface area contributed by atoms with Crippen molar-refractivity contribution in [1.29, 1.82) is 0 Å². The lowest BCUT2D eigenvalue weighted by Gasteiger charge is -2.08.